The highest BCUT2D eigenvalue weighted by atomic mass is 19.4. The van der Waals surface area contributed by atoms with Crippen molar-refractivity contribution in [3.05, 3.63) is 77.4 Å². The molecule has 1 atom stereocenters. The van der Waals surface area contributed by atoms with Gasteiger partial charge < -0.3 is 9.30 Å². The summed E-state index contributed by atoms with van der Waals surface area (Å²) in [6.45, 7) is 6.64. The zero-order chi connectivity index (χ0) is 20.6. The van der Waals surface area contributed by atoms with E-state index in [0.29, 0.717) is 0 Å². The predicted molar refractivity (Wildman–Crippen MR) is 105 cm³/mol. The SMILES string of the molecule is CC(C)=CCC/C(C)=C/COC(Cn1ccnc1)c1ccccc1C(F)(F)F. The van der Waals surface area contributed by atoms with Crippen molar-refractivity contribution in [3.63, 3.8) is 0 Å². The quantitative estimate of drug-likeness (QED) is 0.465. The number of benzene rings is 1. The molecule has 6 heteroatoms. The highest BCUT2D eigenvalue weighted by molar-refractivity contribution is 5.31. The number of aromatic nitrogens is 2. The Labute approximate surface area is 164 Å². The van der Waals surface area contributed by atoms with Gasteiger partial charge in [-0.2, -0.15) is 13.2 Å². The molecule has 0 spiro atoms. The average molecular weight is 392 g/mol. The molecule has 0 bridgehead atoms. The van der Waals surface area contributed by atoms with Crippen molar-refractivity contribution in [2.75, 3.05) is 6.61 Å². The van der Waals surface area contributed by atoms with E-state index in [9.17, 15) is 13.2 Å². The first-order valence-corrected chi connectivity index (χ1v) is 9.30. The lowest BCUT2D eigenvalue weighted by Crippen LogP contribution is -2.18. The van der Waals surface area contributed by atoms with Crippen molar-refractivity contribution >= 4 is 0 Å². The number of imidazole rings is 1. The third kappa shape index (κ3) is 7.00. The van der Waals surface area contributed by atoms with Crippen molar-refractivity contribution in [3.8, 4) is 0 Å². The van der Waals surface area contributed by atoms with E-state index in [0.717, 1.165) is 24.5 Å². The summed E-state index contributed by atoms with van der Waals surface area (Å²) >= 11 is 0. The highest BCUT2D eigenvalue weighted by Gasteiger charge is 2.35. The summed E-state index contributed by atoms with van der Waals surface area (Å²) in [5.41, 5.74) is 1.90. The third-order valence-corrected chi connectivity index (χ3v) is 4.37. The first-order chi connectivity index (χ1) is 13.3. The minimum absolute atomic E-state index is 0.138. The number of ether oxygens (including phenoxy) is 1. The largest absolute Gasteiger partial charge is 0.416 e. The Balaban J connectivity index is 2.14. The topological polar surface area (TPSA) is 27.1 Å². The summed E-state index contributed by atoms with van der Waals surface area (Å²) < 4.78 is 48.0. The molecular weight excluding hydrogens is 365 g/mol. The second kappa shape index (κ2) is 10.3. The molecule has 3 nitrogen and oxygen atoms in total. The second-order valence-corrected chi connectivity index (χ2v) is 7.04. The lowest BCUT2D eigenvalue weighted by Gasteiger charge is -2.22. The minimum atomic E-state index is -4.43. The molecule has 0 saturated carbocycles. The Morgan fingerprint density at radius 1 is 1.18 bits per heavy atom. The second-order valence-electron chi connectivity index (χ2n) is 7.04. The van der Waals surface area contributed by atoms with E-state index in [-0.39, 0.29) is 18.7 Å². The molecule has 2 aromatic rings. The van der Waals surface area contributed by atoms with Crippen LogP contribution < -0.4 is 0 Å². The summed E-state index contributed by atoms with van der Waals surface area (Å²) in [6, 6.07) is 5.58. The molecule has 28 heavy (non-hydrogen) atoms. The van der Waals surface area contributed by atoms with Gasteiger partial charge in [-0.25, -0.2) is 4.98 Å². The molecule has 1 unspecified atom stereocenters. The maximum Gasteiger partial charge on any atom is 0.416 e. The monoisotopic (exact) mass is 392 g/mol. The van der Waals surface area contributed by atoms with E-state index in [2.05, 4.69) is 24.9 Å². The van der Waals surface area contributed by atoms with E-state index in [1.165, 1.54) is 17.7 Å². The fraction of sp³-hybridized carbons (Fsp3) is 0.409. The first-order valence-electron chi connectivity index (χ1n) is 9.30. The van der Waals surface area contributed by atoms with Crippen LogP contribution in [0.4, 0.5) is 13.2 Å². The molecule has 0 N–H and O–H groups in total. The van der Waals surface area contributed by atoms with E-state index < -0.39 is 17.8 Å². The molecule has 0 radical (unpaired) electrons. The standard InChI is InChI=1S/C22H27F3N2O/c1-17(2)7-6-8-18(3)11-14-28-21(15-27-13-12-26-16-27)19-9-4-5-10-20(19)22(23,24)25/h4-5,7,9-13,16,21H,6,8,14-15H2,1-3H3/b18-11+. The van der Waals surface area contributed by atoms with Gasteiger partial charge in [0.25, 0.3) is 0 Å². The minimum Gasteiger partial charge on any atom is -0.368 e. The van der Waals surface area contributed by atoms with Crippen molar-refractivity contribution in [2.45, 2.75) is 52.4 Å². The summed E-state index contributed by atoms with van der Waals surface area (Å²) in [7, 11) is 0. The normalized spacial score (nSPS) is 13.4. The highest BCUT2D eigenvalue weighted by Crippen LogP contribution is 2.36. The van der Waals surface area contributed by atoms with Crippen LogP contribution in [-0.2, 0) is 17.5 Å². The van der Waals surface area contributed by atoms with Gasteiger partial charge in [0.05, 0.1) is 25.0 Å². The van der Waals surface area contributed by atoms with Crippen LogP contribution in [0.2, 0.25) is 0 Å². The molecule has 0 aliphatic rings. The maximum atomic E-state index is 13.5. The Hall–Kier alpha value is -2.34. The van der Waals surface area contributed by atoms with Gasteiger partial charge in [0.15, 0.2) is 0 Å². The van der Waals surface area contributed by atoms with Gasteiger partial charge >= 0.3 is 6.18 Å². The van der Waals surface area contributed by atoms with Crippen LogP contribution in [0.15, 0.2) is 66.3 Å². The molecule has 0 aliphatic heterocycles. The molecular formula is C22H27F3N2O. The van der Waals surface area contributed by atoms with Gasteiger partial charge in [0, 0.05) is 12.4 Å². The lowest BCUT2D eigenvalue weighted by atomic mass is 10.0. The third-order valence-electron chi connectivity index (χ3n) is 4.37. The molecule has 152 valence electrons. The summed E-state index contributed by atoms with van der Waals surface area (Å²) in [4.78, 5) is 3.96. The van der Waals surface area contributed by atoms with Gasteiger partial charge in [-0.3, -0.25) is 0 Å². The van der Waals surface area contributed by atoms with Crippen LogP contribution in [-0.4, -0.2) is 16.2 Å². The number of rotatable bonds is 9. The molecule has 1 aromatic heterocycles. The molecule has 1 heterocycles. The van der Waals surface area contributed by atoms with Crippen LogP contribution in [0.3, 0.4) is 0 Å². The Kier molecular flexibility index (Phi) is 8.05. The van der Waals surface area contributed by atoms with Crippen molar-refractivity contribution in [2.24, 2.45) is 0 Å². The average Bonchev–Trinajstić information content (AvgIpc) is 3.13. The van der Waals surface area contributed by atoms with Crippen LogP contribution >= 0.6 is 0 Å². The summed E-state index contributed by atoms with van der Waals surface area (Å²) in [5, 5.41) is 0. The Morgan fingerprint density at radius 2 is 1.93 bits per heavy atom. The smallest absolute Gasteiger partial charge is 0.368 e. The van der Waals surface area contributed by atoms with Gasteiger partial charge in [0.1, 0.15) is 6.10 Å². The number of hydrogen-bond acceptors (Lipinski definition) is 2. The van der Waals surface area contributed by atoms with Crippen molar-refractivity contribution in [1.82, 2.24) is 9.55 Å². The number of hydrogen-bond donors (Lipinski definition) is 0. The van der Waals surface area contributed by atoms with E-state index in [4.69, 9.17) is 4.74 Å². The molecule has 0 aliphatic carbocycles. The molecule has 0 fully saturated rings. The van der Waals surface area contributed by atoms with E-state index in [1.54, 1.807) is 29.4 Å². The van der Waals surface area contributed by atoms with E-state index in [1.807, 2.05) is 13.0 Å². The molecule has 1 aromatic carbocycles. The van der Waals surface area contributed by atoms with E-state index >= 15 is 0 Å². The lowest BCUT2D eigenvalue weighted by molar-refractivity contribution is -0.139. The Morgan fingerprint density at radius 3 is 2.57 bits per heavy atom. The first kappa shape index (κ1) is 22.0. The number of alkyl halides is 3. The van der Waals surface area contributed by atoms with Gasteiger partial charge in [-0.1, -0.05) is 41.5 Å². The van der Waals surface area contributed by atoms with Crippen molar-refractivity contribution < 1.29 is 17.9 Å². The van der Waals surface area contributed by atoms with Gasteiger partial charge in [-0.05, 0) is 45.2 Å². The summed E-state index contributed by atoms with van der Waals surface area (Å²) in [5.74, 6) is 0. The van der Waals surface area contributed by atoms with Crippen LogP contribution in [0, 0.1) is 0 Å². The summed E-state index contributed by atoms with van der Waals surface area (Å²) in [6.07, 6.45) is 5.69. The zero-order valence-corrected chi connectivity index (χ0v) is 16.5. The molecule has 0 amide bonds. The maximum absolute atomic E-state index is 13.5. The van der Waals surface area contributed by atoms with Gasteiger partial charge in [-0.15, -0.1) is 0 Å². The number of nitrogens with zero attached hydrogens (tertiary/aromatic N) is 2. The van der Waals surface area contributed by atoms with Crippen LogP contribution in [0.25, 0.3) is 0 Å². The predicted octanol–water partition coefficient (Wildman–Crippen LogP) is 6.35. The molecule has 0 saturated heterocycles. The fourth-order valence-electron chi connectivity index (χ4n) is 2.86. The number of allylic oxidation sites excluding steroid dienone is 3. The Bertz CT molecular complexity index is 788. The van der Waals surface area contributed by atoms with Crippen molar-refractivity contribution in [1.29, 1.82) is 0 Å². The molecule has 2 rings (SSSR count). The van der Waals surface area contributed by atoms with Crippen LogP contribution in [0.5, 0.6) is 0 Å². The zero-order valence-electron chi connectivity index (χ0n) is 16.5. The van der Waals surface area contributed by atoms with Crippen LogP contribution in [0.1, 0.15) is 50.8 Å². The number of halogens is 3. The van der Waals surface area contributed by atoms with Gasteiger partial charge in [0.2, 0.25) is 0 Å². The fourth-order valence-corrected chi connectivity index (χ4v) is 2.86.